The zero-order valence-corrected chi connectivity index (χ0v) is 19.6. The Labute approximate surface area is 201 Å². The zero-order valence-electron chi connectivity index (χ0n) is 19.6. The van der Waals surface area contributed by atoms with Gasteiger partial charge in [0.05, 0.1) is 37.8 Å². The van der Waals surface area contributed by atoms with E-state index >= 15 is 0 Å². The third kappa shape index (κ3) is 7.31. The highest BCUT2D eigenvalue weighted by atomic mass is 19.4. The van der Waals surface area contributed by atoms with Crippen LogP contribution >= 0.6 is 0 Å². The number of nitriles is 1. The molecule has 0 aromatic carbocycles. The third-order valence-electron chi connectivity index (χ3n) is 5.03. The molecule has 0 saturated carbocycles. The van der Waals surface area contributed by atoms with Crippen molar-refractivity contribution in [3.05, 3.63) is 59.0 Å². The molecule has 1 aliphatic rings. The number of alkyl halides is 3. The van der Waals surface area contributed by atoms with Gasteiger partial charge >= 0.3 is 18.2 Å². The molecule has 0 aliphatic carbocycles. The average molecular weight is 496 g/mol. The molecule has 0 aromatic rings. The lowest BCUT2D eigenvalue weighted by molar-refractivity contribution is -0.137. The molecule has 1 atom stereocenters. The summed E-state index contributed by atoms with van der Waals surface area (Å²) in [5.74, 6) is -1.54. The molecule has 0 fully saturated rings. The van der Waals surface area contributed by atoms with E-state index in [-0.39, 0.29) is 34.5 Å². The smallest absolute Gasteiger partial charge is 0.392 e. The SMILES string of the molecule is C=CC(=CCC(F)(F)F)N1C(=N)N(C(N)=O)C(CC(=CC(C#N)=CCC)CO)C(C(=O)OC)=C1C. The van der Waals surface area contributed by atoms with Crippen LogP contribution in [0.3, 0.4) is 0 Å². The van der Waals surface area contributed by atoms with Crippen LogP contribution in [0.15, 0.2) is 59.0 Å². The van der Waals surface area contributed by atoms with Gasteiger partial charge in [0.2, 0.25) is 5.96 Å². The van der Waals surface area contributed by atoms with Crippen LogP contribution in [0.2, 0.25) is 0 Å². The van der Waals surface area contributed by atoms with Crippen LogP contribution in [0.25, 0.3) is 0 Å². The number of rotatable bonds is 9. The standard InChI is InChI=1S/C23H28F3N5O4/c1-5-7-15(12-27)10-16(13-32)11-18-19(20(33)35-4)14(3)30(21(28)31(18)22(29)34)17(6-2)8-9-23(24,25)26/h6-8,10,18,28,32H,2,5,9,11,13H2,1,3-4H3,(H2,29,34). The fraction of sp³-hybridized carbons (Fsp3) is 0.391. The van der Waals surface area contributed by atoms with Crippen molar-refractivity contribution in [2.75, 3.05) is 13.7 Å². The van der Waals surface area contributed by atoms with Gasteiger partial charge in [-0.05, 0) is 37.5 Å². The van der Waals surface area contributed by atoms with E-state index in [2.05, 4.69) is 6.58 Å². The van der Waals surface area contributed by atoms with Crippen molar-refractivity contribution in [2.45, 2.75) is 45.3 Å². The minimum atomic E-state index is -4.55. The van der Waals surface area contributed by atoms with Crippen LogP contribution in [0.1, 0.15) is 33.1 Å². The van der Waals surface area contributed by atoms with Gasteiger partial charge in [-0.2, -0.15) is 18.4 Å². The van der Waals surface area contributed by atoms with Gasteiger partial charge in [-0.3, -0.25) is 15.2 Å². The van der Waals surface area contributed by atoms with Crippen molar-refractivity contribution in [3.63, 3.8) is 0 Å². The summed E-state index contributed by atoms with van der Waals surface area (Å²) in [5, 5.41) is 27.7. The molecule has 2 amide bonds. The number of carbonyl (C=O) groups is 2. The highest BCUT2D eigenvalue weighted by Gasteiger charge is 2.43. The molecule has 1 heterocycles. The second-order valence-electron chi connectivity index (χ2n) is 7.37. The normalized spacial score (nSPS) is 17.9. The maximum absolute atomic E-state index is 12.8. The second kappa shape index (κ2) is 12.6. The topological polar surface area (TPSA) is 144 Å². The molecule has 0 saturated heterocycles. The van der Waals surface area contributed by atoms with E-state index in [1.807, 2.05) is 6.07 Å². The highest BCUT2D eigenvalue weighted by Crippen LogP contribution is 2.34. The highest BCUT2D eigenvalue weighted by molar-refractivity contribution is 6.02. The summed E-state index contributed by atoms with van der Waals surface area (Å²) in [7, 11) is 1.08. The first kappa shape index (κ1) is 29.2. The van der Waals surface area contributed by atoms with Gasteiger partial charge < -0.3 is 15.6 Å². The van der Waals surface area contributed by atoms with Crippen LogP contribution < -0.4 is 5.73 Å². The van der Waals surface area contributed by atoms with Gasteiger partial charge in [-0.25, -0.2) is 9.59 Å². The number of guanidine groups is 1. The Bertz CT molecular complexity index is 1030. The fourth-order valence-electron chi connectivity index (χ4n) is 3.55. The van der Waals surface area contributed by atoms with Gasteiger partial charge in [0.1, 0.15) is 0 Å². The van der Waals surface area contributed by atoms with Gasteiger partial charge in [0.25, 0.3) is 0 Å². The molecule has 0 spiro atoms. The van der Waals surface area contributed by atoms with Crippen molar-refractivity contribution in [3.8, 4) is 6.07 Å². The maximum atomic E-state index is 12.8. The quantitative estimate of drug-likeness (QED) is 0.253. The molecule has 0 bridgehead atoms. The average Bonchev–Trinajstić information content (AvgIpc) is 2.78. The number of esters is 1. The first-order valence-corrected chi connectivity index (χ1v) is 10.4. The first-order chi connectivity index (χ1) is 16.4. The zero-order chi connectivity index (χ0) is 26.9. The van der Waals surface area contributed by atoms with Crippen LogP contribution in [0.5, 0.6) is 0 Å². The number of methoxy groups -OCH3 is 1. The van der Waals surface area contributed by atoms with Gasteiger partial charge in [-0.1, -0.05) is 25.7 Å². The number of nitrogens with two attached hydrogens (primary N) is 1. The number of nitrogens with zero attached hydrogens (tertiary/aromatic N) is 3. The number of hydrogen-bond acceptors (Lipinski definition) is 6. The summed E-state index contributed by atoms with van der Waals surface area (Å²) < 4.78 is 43.3. The summed E-state index contributed by atoms with van der Waals surface area (Å²) >= 11 is 0. The Morgan fingerprint density at radius 3 is 2.43 bits per heavy atom. The van der Waals surface area contributed by atoms with E-state index < -0.39 is 43.2 Å². The molecule has 1 rings (SSSR count). The van der Waals surface area contributed by atoms with E-state index in [0.717, 1.165) is 24.2 Å². The molecule has 1 aliphatic heterocycles. The Morgan fingerprint density at radius 2 is 2.00 bits per heavy atom. The number of allylic oxidation sites excluding steroid dienone is 6. The fourth-order valence-corrected chi connectivity index (χ4v) is 3.55. The predicted molar refractivity (Wildman–Crippen MR) is 122 cm³/mol. The van der Waals surface area contributed by atoms with E-state index in [0.29, 0.717) is 11.3 Å². The second-order valence-corrected chi connectivity index (χ2v) is 7.37. The molecule has 35 heavy (non-hydrogen) atoms. The summed E-state index contributed by atoms with van der Waals surface area (Å²) in [6, 6.07) is -0.444. The van der Waals surface area contributed by atoms with Crippen LogP contribution in [0.4, 0.5) is 18.0 Å². The molecule has 1 unspecified atom stereocenters. The van der Waals surface area contributed by atoms with Crippen molar-refractivity contribution in [1.29, 1.82) is 10.7 Å². The van der Waals surface area contributed by atoms with Crippen molar-refractivity contribution < 1.29 is 32.6 Å². The maximum Gasteiger partial charge on any atom is 0.392 e. The molecule has 12 heteroatoms. The van der Waals surface area contributed by atoms with Gasteiger partial charge in [0.15, 0.2) is 0 Å². The summed E-state index contributed by atoms with van der Waals surface area (Å²) in [4.78, 5) is 26.8. The van der Waals surface area contributed by atoms with Crippen molar-refractivity contribution in [1.82, 2.24) is 9.80 Å². The minimum Gasteiger partial charge on any atom is -0.466 e. The number of hydrogen-bond donors (Lipinski definition) is 3. The Morgan fingerprint density at radius 1 is 1.37 bits per heavy atom. The van der Waals surface area contributed by atoms with Crippen LogP contribution in [-0.4, -0.2) is 58.8 Å². The number of amides is 2. The van der Waals surface area contributed by atoms with Crippen LogP contribution in [-0.2, 0) is 9.53 Å². The van der Waals surface area contributed by atoms with E-state index in [4.69, 9.17) is 15.9 Å². The molecule has 9 nitrogen and oxygen atoms in total. The van der Waals surface area contributed by atoms with Gasteiger partial charge in [0, 0.05) is 17.0 Å². The lowest BCUT2D eigenvalue weighted by Gasteiger charge is -2.43. The monoisotopic (exact) mass is 495 g/mol. The van der Waals surface area contributed by atoms with Crippen molar-refractivity contribution in [2.24, 2.45) is 5.73 Å². The number of nitrogens with one attached hydrogen (secondary N) is 1. The molecule has 0 radical (unpaired) electrons. The first-order valence-electron chi connectivity index (χ1n) is 10.4. The summed E-state index contributed by atoms with van der Waals surface area (Å²) in [6.45, 7) is 6.12. The van der Waals surface area contributed by atoms with Gasteiger partial charge in [-0.15, -0.1) is 0 Å². The van der Waals surface area contributed by atoms with Crippen molar-refractivity contribution >= 4 is 18.0 Å². The number of carbonyl (C=O) groups excluding carboxylic acids is 2. The minimum absolute atomic E-state index is 0.0135. The third-order valence-corrected chi connectivity index (χ3v) is 5.03. The number of halogens is 3. The number of urea groups is 1. The Balaban J connectivity index is 3.80. The van der Waals surface area contributed by atoms with E-state index in [9.17, 15) is 33.1 Å². The number of ether oxygens (including phenoxy) is 1. The molecule has 190 valence electrons. The predicted octanol–water partition coefficient (Wildman–Crippen LogP) is 3.62. The number of aliphatic hydroxyl groups is 1. The number of aliphatic hydroxyl groups excluding tert-OH is 1. The lowest BCUT2D eigenvalue weighted by Crippen LogP contribution is -2.58. The Kier molecular flexibility index (Phi) is 10.5. The molecule has 4 N–H and O–H groups in total. The molecular formula is C23H28F3N5O4. The largest absolute Gasteiger partial charge is 0.466 e. The summed E-state index contributed by atoms with van der Waals surface area (Å²) in [5.41, 5.74) is 5.63. The van der Waals surface area contributed by atoms with E-state index in [1.54, 1.807) is 13.0 Å². The lowest BCUT2D eigenvalue weighted by atomic mass is 9.92. The molecule has 0 aromatic heterocycles. The Hall–Kier alpha value is -3.85. The summed E-state index contributed by atoms with van der Waals surface area (Å²) in [6.07, 6.45) is -0.772. The number of primary amides is 1. The van der Waals surface area contributed by atoms with E-state index in [1.165, 1.54) is 13.0 Å². The molecular weight excluding hydrogens is 467 g/mol. The van der Waals surface area contributed by atoms with Crippen LogP contribution in [0, 0.1) is 16.7 Å².